The summed E-state index contributed by atoms with van der Waals surface area (Å²) in [4.78, 5) is 13.5. The Morgan fingerprint density at radius 3 is 1.84 bits per heavy atom. The molecule has 0 aliphatic heterocycles. The maximum Gasteiger partial charge on any atom is 0.239 e. The number of ether oxygens (including phenoxy) is 6. The molecule has 0 aliphatic carbocycles. The van der Waals surface area contributed by atoms with Crippen LogP contribution in [0, 0.1) is 0 Å². The molecule has 1 heterocycles. The highest BCUT2D eigenvalue weighted by Crippen LogP contribution is 2.44. The number of methoxy groups -OCH3 is 5. The molecule has 3 aromatic rings. The molecule has 3 rings (SSSR count). The number of rotatable bonds is 8. The van der Waals surface area contributed by atoms with Gasteiger partial charge in [-0.05, 0) is 26.0 Å². The predicted octanol–water partition coefficient (Wildman–Crippen LogP) is 4.29. The molecule has 0 N–H and O–H groups in total. The number of benzene rings is 2. The van der Waals surface area contributed by atoms with E-state index in [0.29, 0.717) is 39.9 Å². The van der Waals surface area contributed by atoms with Crippen LogP contribution >= 0.6 is 0 Å². The quantitative estimate of drug-likeness (QED) is 0.523. The normalized spacial score (nSPS) is 10.8. The summed E-state index contributed by atoms with van der Waals surface area (Å²) < 4.78 is 39.1. The summed E-state index contributed by atoms with van der Waals surface area (Å²) in [5.41, 5.74) is 0.449. The van der Waals surface area contributed by atoms with Gasteiger partial charge in [0.25, 0.3) is 0 Å². The minimum absolute atomic E-state index is 0.0558. The summed E-state index contributed by atoms with van der Waals surface area (Å²) in [5, 5.41) is 0.259. The van der Waals surface area contributed by atoms with E-state index in [-0.39, 0.29) is 28.4 Å². The zero-order chi connectivity index (χ0) is 22.7. The van der Waals surface area contributed by atoms with E-state index in [2.05, 4.69) is 0 Å². The highest BCUT2D eigenvalue weighted by molar-refractivity contribution is 5.89. The fourth-order valence-electron chi connectivity index (χ4n) is 3.27. The van der Waals surface area contributed by atoms with Crippen LogP contribution in [0.2, 0.25) is 0 Å². The Morgan fingerprint density at radius 1 is 0.742 bits per heavy atom. The smallest absolute Gasteiger partial charge is 0.239 e. The molecule has 31 heavy (non-hydrogen) atoms. The summed E-state index contributed by atoms with van der Waals surface area (Å²) in [6.45, 7) is 3.65. The van der Waals surface area contributed by atoms with Crippen LogP contribution in [0.1, 0.15) is 13.8 Å². The average Bonchev–Trinajstić information content (AvgIpc) is 2.78. The molecule has 0 radical (unpaired) electrons. The molecule has 8 heteroatoms. The van der Waals surface area contributed by atoms with Gasteiger partial charge in [-0.15, -0.1) is 0 Å². The van der Waals surface area contributed by atoms with E-state index in [9.17, 15) is 4.79 Å². The molecule has 0 amide bonds. The SMILES string of the molecule is COc1cc(OC)c2c(=O)c(OC(C)C)c(-c3cc(OC)c(OC)c(OC)c3)oc2c1. The van der Waals surface area contributed by atoms with Crippen molar-refractivity contribution in [3.63, 3.8) is 0 Å². The Labute approximate surface area is 180 Å². The van der Waals surface area contributed by atoms with Crippen LogP contribution in [0.5, 0.6) is 34.5 Å². The van der Waals surface area contributed by atoms with Crippen LogP contribution in [0.15, 0.2) is 33.5 Å². The van der Waals surface area contributed by atoms with Gasteiger partial charge in [-0.2, -0.15) is 0 Å². The lowest BCUT2D eigenvalue weighted by Crippen LogP contribution is -2.16. The summed E-state index contributed by atoms with van der Waals surface area (Å²) in [6, 6.07) is 6.63. The molecule has 166 valence electrons. The van der Waals surface area contributed by atoms with Crippen molar-refractivity contribution < 1.29 is 32.8 Å². The summed E-state index contributed by atoms with van der Waals surface area (Å²) in [6.07, 6.45) is -0.273. The Bertz CT molecular complexity index is 1120. The molecule has 0 atom stereocenters. The van der Waals surface area contributed by atoms with E-state index in [4.69, 9.17) is 32.8 Å². The Hall–Kier alpha value is -3.55. The van der Waals surface area contributed by atoms with Gasteiger partial charge >= 0.3 is 0 Å². The molecular formula is C23H26O8. The van der Waals surface area contributed by atoms with Crippen LogP contribution < -0.4 is 33.8 Å². The fourth-order valence-corrected chi connectivity index (χ4v) is 3.27. The first-order chi connectivity index (χ1) is 14.9. The Morgan fingerprint density at radius 2 is 1.35 bits per heavy atom. The number of fused-ring (bicyclic) bond motifs is 1. The summed E-state index contributed by atoms with van der Waals surface area (Å²) >= 11 is 0. The Kier molecular flexibility index (Phi) is 6.48. The summed E-state index contributed by atoms with van der Waals surface area (Å²) in [7, 11) is 7.54. The van der Waals surface area contributed by atoms with Crippen LogP contribution in [0.4, 0.5) is 0 Å². The average molecular weight is 430 g/mol. The molecule has 0 fully saturated rings. The largest absolute Gasteiger partial charge is 0.496 e. The van der Waals surface area contributed by atoms with Crippen molar-refractivity contribution in [1.82, 2.24) is 0 Å². The minimum Gasteiger partial charge on any atom is -0.496 e. The zero-order valence-corrected chi connectivity index (χ0v) is 18.7. The third-order valence-electron chi connectivity index (χ3n) is 4.63. The van der Waals surface area contributed by atoms with Gasteiger partial charge in [0, 0.05) is 17.7 Å². The minimum atomic E-state index is -0.363. The maximum atomic E-state index is 13.5. The van der Waals surface area contributed by atoms with Gasteiger partial charge in [0.2, 0.25) is 16.9 Å². The summed E-state index contributed by atoms with van der Waals surface area (Å²) in [5.74, 6) is 2.35. The first-order valence-corrected chi connectivity index (χ1v) is 9.58. The molecule has 1 aromatic heterocycles. The predicted molar refractivity (Wildman–Crippen MR) is 116 cm³/mol. The van der Waals surface area contributed by atoms with Crippen molar-refractivity contribution in [3.05, 3.63) is 34.5 Å². The van der Waals surface area contributed by atoms with Gasteiger partial charge in [-0.1, -0.05) is 0 Å². The molecule has 0 unspecified atom stereocenters. The van der Waals surface area contributed by atoms with Gasteiger partial charge in [-0.3, -0.25) is 4.79 Å². The van der Waals surface area contributed by atoms with Gasteiger partial charge in [0.1, 0.15) is 22.5 Å². The van der Waals surface area contributed by atoms with E-state index in [1.807, 2.05) is 13.8 Å². The lowest BCUT2D eigenvalue weighted by atomic mass is 10.1. The second-order valence-corrected chi connectivity index (χ2v) is 6.87. The van der Waals surface area contributed by atoms with Crippen molar-refractivity contribution in [2.45, 2.75) is 20.0 Å². The van der Waals surface area contributed by atoms with Crippen molar-refractivity contribution in [2.24, 2.45) is 0 Å². The van der Waals surface area contributed by atoms with E-state index in [1.165, 1.54) is 35.5 Å². The molecule has 2 aromatic carbocycles. The molecule has 0 bridgehead atoms. The van der Waals surface area contributed by atoms with Crippen molar-refractivity contribution in [2.75, 3.05) is 35.5 Å². The zero-order valence-electron chi connectivity index (χ0n) is 18.7. The number of hydrogen-bond donors (Lipinski definition) is 0. The number of hydrogen-bond acceptors (Lipinski definition) is 8. The first-order valence-electron chi connectivity index (χ1n) is 9.58. The molecule has 0 saturated carbocycles. The van der Waals surface area contributed by atoms with Crippen molar-refractivity contribution >= 4 is 11.0 Å². The second-order valence-electron chi connectivity index (χ2n) is 6.87. The van der Waals surface area contributed by atoms with Crippen molar-refractivity contribution in [3.8, 4) is 45.8 Å². The van der Waals surface area contributed by atoms with Gasteiger partial charge in [0.05, 0.1) is 41.7 Å². The third kappa shape index (κ3) is 4.05. The van der Waals surface area contributed by atoms with Gasteiger partial charge < -0.3 is 32.8 Å². The second kappa shape index (κ2) is 9.07. The van der Waals surface area contributed by atoms with E-state index in [0.717, 1.165) is 0 Å². The van der Waals surface area contributed by atoms with Crippen LogP contribution in [0.3, 0.4) is 0 Å². The first kappa shape index (κ1) is 22.1. The molecule has 0 spiro atoms. The standard InChI is InChI=1S/C23H26O8/c1-12(2)30-23-20(24)19-15(26-4)10-14(25-3)11-16(19)31-21(23)13-8-17(27-5)22(29-7)18(9-13)28-6/h8-12H,1-7H3. The van der Waals surface area contributed by atoms with E-state index < -0.39 is 0 Å². The van der Waals surface area contributed by atoms with Crippen LogP contribution in [0.25, 0.3) is 22.3 Å². The van der Waals surface area contributed by atoms with Crippen molar-refractivity contribution in [1.29, 1.82) is 0 Å². The molecular weight excluding hydrogens is 404 g/mol. The lowest BCUT2D eigenvalue weighted by Gasteiger charge is -2.17. The van der Waals surface area contributed by atoms with E-state index in [1.54, 1.807) is 24.3 Å². The molecule has 0 aliphatic rings. The van der Waals surface area contributed by atoms with Gasteiger partial charge in [-0.25, -0.2) is 0 Å². The Balaban J connectivity index is 2.42. The lowest BCUT2D eigenvalue weighted by molar-refractivity contribution is 0.236. The highest BCUT2D eigenvalue weighted by Gasteiger charge is 2.24. The highest BCUT2D eigenvalue weighted by atomic mass is 16.5. The van der Waals surface area contributed by atoms with Crippen LogP contribution in [-0.4, -0.2) is 41.7 Å². The maximum absolute atomic E-state index is 13.5. The molecule has 0 saturated heterocycles. The van der Waals surface area contributed by atoms with E-state index >= 15 is 0 Å². The fraction of sp³-hybridized carbons (Fsp3) is 0.348. The van der Waals surface area contributed by atoms with Crippen LogP contribution in [-0.2, 0) is 0 Å². The van der Waals surface area contributed by atoms with Gasteiger partial charge in [0.15, 0.2) is 17.3 Å². The topological polar surface area (TPSA) is 85.6 Å². The monoisotopic (exact) mass is 430 g/mol. The molecule has 8 nitrogen and oxygen atoms in total. The third-order valence-corrected chi connectivity index (χ3v) is 4.63.